The van der Waals surface area contributed by atoms with E-state index in [0.717, 1.165) is 12.8 Å². The van der Waals surface area contributed by atoms with E-state index >= 15 is 0 Å². The third-order valence-corrected chi connectivity index (χ3v) is 3.95. The number of hydrogen-bond acceptors (Lipinski definition) is 0. The van der Waals surface area contributed by atoms with E-state index in [2.05, 4.69) is 61.7 Å². The van der Waals surface area contributed by atoms with Crippen molar-refractivity contribution in [3.63, 3.8) is 0 Å². The number of benzene rings is 3. The van der Waals surface area contributed by atoms with Gasteiger partial charge in [-0.1, -0.05) is 116 Å². The van der Waals surface area contributed by atoms with Crippen LogP contribution in [0.25, 0.3) is 12.2 Å². The maximum absolute atomic E-state index is 3.66. The molecule has 0 fully saturated rings. The van der Waals surface area contributed by atoms with Gasteiger partial charge in [0, 0.05) is 0 Å². The molecule has 4 rings (SSSR count). The first-order chi connectivity index (χ1) is 12.8. The zero-order valence-corrected chi connectivity index (χ0v) is 15.2. The molecule has 0 saturated carbocycles. The molecule has 1 aliphatic carbocycles. The van der Waals surface area contributed by atoms with Gasteiger partial charge in [-0.25, -0.2) is 0 Å². The molecule has 1 aliphatic rings. The summed E-state index contributed by atoms with van der Waals surface area (Å²) in [5.41, 5.74) is 5.34. The second kappa shape index (κ2) is 11.4. The number of hydrogen-bond donors (Lipinski definition) is 0. The maximum Gasteiger partial charge on any atom is -0.00882 e. The van der Waals surface area contributed by atoms with Crippen LogP contribution in [0.1, 0.15) is 22.3 Å². The Bertz CT molecular complexity index is 811. The van der Waals surface area contributed by atoms with Gasteiger partial charge in [-0.15, -0.1) is 6.58 Å². The lowest BCUT2D eigenvalue weighted by atomic mass is 10.1. The summed E-state index contributed by atoms with van der Waals surface area (Å²) in [5, 5.41) is 0. The molecule has 0 saturated heterocycles. The van der Waals surface area contributed by atoms with E-state index < -0.39 is 0 Å². The minimum atomic E-state index is 0.973. The predicted molar refractivity (Wildman–Crippen MR) is 116 cm³/mol. The van der Waals surface area contributed by atoms with E-state index in [0.29, 0.717) is 0 Å². The molecule has 0 aliphatic heterocycles. The van der Waals surface area contributed by atoms with Crippen LogP contribution in [0.15, 0.2) is 110 Å². The Morgan fingerprint density at radius 3 is 1.92 bits per heavy atom. The van der Waals surface area contributed by atoms with Gasteiger partial charge in [0.05, 0.1) is 0 Å². The van der Waals surface area contributed by atoms with Crippen LogP contribution >= 0.6 is 0 Å². The number of fused-ring (bicyclic) bond motifs is 1. The van der Waals surface area contributed by atoms with Gasteiger partial charge in [-0.2, -0.15) is 0 Å². The molecule has 0 aromatic heterocycles. The van der Waals surface area contributed by atoms with E-state index in [1.807, 2.05) is 60.7 Å². The van der Waals surface area contributed by atoms with E-state index in [4.69, 9.17) is 0 Å². The highest BCUT2D eigenvalue weighted by Crippen LogP contribution is 2.17. The normalized spacial score (nSPS) is 10.5. The lowest BCUT2D eigenvalue weighted by Crippen LogP contribution is -1.76. The maximum atomic E-state index is 3.66. The Hall–Kier alpha value is -3.12. The van der Waals surface area contributed by atoms with Gasteiger partial charge in [-0.05, 0) is 35.1 Å². The molecule has 0 heteroatoms. The molecule has 0 heterocycles. The predicted octanol–water partition coefficient (Wildman–Crippen LogP) is 7.00. The Labute approximate surface area is 157 Å². The fraction of sp³-hybridized carbons (Fsp3) is 0.0769. The molecule has 3 aromatic rings. The summed E-state index contributed by atoms with van der Waals surface area (Å²) in [6.07, 6.45) is 10.2. The van der Waals surface area contributed by atoms with Crippen molar-refractivity contribution in [2.45, 2.75) is 12.8 Å². The molecule has 0 atom stereocenters. The van der Waals surface area contributed by atoms with E-state index in [-0.39, 0.29) is 0 Å². The molecule has 26 heavy (non-hydrogen) atoms. The van der Waals surface area contributed by atoms with Crippen molar-refractivity contribution in [3.8, 4) is 0 Å². The summed E-state index contributed by atoms with van der Waals surface area (Å²) in [7, 11) is 0. The van der Waals surface area contributed by atoms with Crippen molar-refractivity contribution in [3.05, 3.63) is 132 Å². The monoisotopic (exact) mass is 338 g/mol. The fourth-order valence-electron chi connectivity index (χ4n) is 2.57. The zero-order chi connectivity index (χ0) is 18.5. The lowest BCUT2D eigenvalue weighted by Gasteiger charge is -1.93. The molecule has 0 amide bonds. The highest BCUT2D eigenvalue weighted by atomic mass is 14.0. The van der Waals surface area contributed by atoms with Gasteiger partial charge in [0.2, 0.25) is 0 Å². The summed E-state index contributed by atoms with van der Waals surface area (Å²) < 4.78 is 0. The van der Waals surface area contributed by atoms with Crippen molar-refractivity contribution in [1.29, 1.82) is 0 Å². The minimum absolute atomic E-state index is 0.973. The fourth-order valence-corrected chi connectivity index (χ4v) is 2.57. The van der Waals surface area contributed by atoms with Crippen LogP contribution in [0, 0.1) is 0 Å². The molecule has 0 spiro atoms. The SMILES string of the molecule is C1=Cc2ccccc2C1.C=CCc1ccccc1.C=Cc1ccccc1. The second-order valence-electron chi connectivity index (χ2n) is 5.90. The van der Waals surface area contributed by atoms with Crippen molar-refractivity contribution >= 4 is 12.2 Å². The lowest BCUT2D eigenvalue weighted by molar-refractivity contribution is 1.28. The molecule has 0 bridgehead atoms. The first-order valence-corrected chi connectivity index (χ1v) is 8.90. The smallest absolute Gasteiger partial charge is 0.00882 e. The summed E-state index contributed by atoms with van der Waals surface area (Å²) in [6, 6.07) is 28.8. The van der Waals surface area contributed by atoms with Gasteiger partial charge < -0.3 is 0 Å². The first kappa shape index (κ1) is 19.2. The van der Waals surface area contributed by atoms with Crippen LogP contribution in [0.4, 0.5) is 0 Å². The number of allylic oxidation sites excluding steroid dienone is 2. The average Bonchev–Trinajstić information content (AvgIpc) is 3.20. The molecular formula is C26H26. The molecular weight excluding hydrogens is 312 g/mol. The first-order valence-electron chi connectivity index (χ1n) is 8.90. The average molecular weight is 338 g/mol. The summed E-state index contributed by atoms with van der Waals surface area (Å²) in [5.74, 6) is 0. The van der Waals surface area contributed by atoms with Gasteiger partial charge in [-0.3, -0.25) is 0 Å². The third kappa shape index (κ3) is 6.78. The molecule has 0 N–H and O–H groups in total. The van der Waals surface area contributed by atoms with Crippen LogP contribution in [-0.2, 0) is 12.8 Å². The summed E-state index contributed by atoms with van der Waals surface area (Å²) in [6.45, 7) is 7.29. The zero-order valence-electron chi connectivity index (χ0n) is 15.2. The largest absolute Gasteiger partial charge is 0.103 e. The standard InChI is InChI=1S/C9H8.C9H10.C8H8/c1-2-5-9-7-3-6-8(9)4-1;1-2-6-9-7-4-3-5-8-9;1-2-8-6-4-3-5-7-8/h1-6H,7H2;2-5,7-8H,1,6H2;2-7H,1H2. The topological polar surface area (TPSA) is 0 Å². The van der Waals surface area contributed by atoms with Crippen molar-refractivity contribution in [2.75, 3.05) is 0 Å². The second-order valence-corrected chi connectivity index (χ2v) is 5.90. The molecule has 130 valence electrons. The van der Waals surface area contributed by atoms with Gasteiger partial charge in [0.1, 0.15) is 0 Å². The highest BCUT2D eigenvalue weighted by Gasteiger charge is 2.00. The van der Waals surface area contributed by atoms with Gasteiger partial charge in [0.25, 0.3) is 0 Å². The number of rotatable bonds is 3. The van der Waals surface area contributed by atoms with Crippen LogP contribution in [0.5, 0.6) is 0 Å². The molecule has 3 aromatic carbocycles. The molecule has 0 nitrogen and oxygen atoms in total. The highest BCUT2D eigenvalue weighted by molar-refractivity contribution is 5.59. The van der Waals surface area contributed by atoms with Crippen molar-refractivity contribution in [2.24, 2.45) is 0 Å². The quantitative estimate of drug-likeness (QED) is 0.451. The van der Waals surface area contributed by atoms with Crippen LogP contribution in [0.3, 0.4) is 0 Å². The van der Waals surface area contributed by atoms with E-state index in [1.54, 1.807) is 0 Å². The minimum Gasteiger partial charge on any atom is -0.103 e. The third-order valence-electron chi connectivity index (χ3n) is 3.95. The molecule has 0 radical (unpaired) electrons. The molecule has 0 unspecified atom stereocenters. The Morgan fingerprint density at radius 2 is 1.35 bits per heavy atom. The van der Waals surface area contributed by atoms with Crippen molar-refractivity contribution < 1.29 is 0 Å². The van der Waals surface area contributed by atoms with Crippen LogP contribution in [-0.4, -0.2) is 0 Å². The Balaban J connectivity index is 0.000000141. The van der Waals surface area contributed by atoms with Crippen LogP contribution in [0.2, 0.25) is 0 Å². The van der Waals surface area contributed by atoms with Gasteiger partial charge >= 0.3 is 0 Å². The van der Waals surface area contributed by atoms with Crippen molar-refractivity contribution in [1.82, 2.24) is 0 Å². The summed E-state index contributed by atoms with van der Waals surface area (Å²) in [4.78, 5) is 0. The summed E-state index contributed by atoms with van der Waals surface area (Å²) >= 11 is 0. The van der Waals surface area contributed by atoms with Crippen LogP contribution < -0.4 is 0 Å². The van der Waals surface area contributed by atoms with Gasteiger partial charge in [0.15, 0.2) is 0 Å². The van der Waals surface area contributed by atoms with E-state index in [1.165, 1.54) is 22.3 Å². The van der Waals surface area contributed by atoms with E-state index in [9.17, 15) is 0 Å². The Morgan fingerprint density at radius 1 is 0.731 bits per heavy atom. The Kier molecular flexibility index (Phi) is 8.45.